The van der Waals surface area contributed by atoms with Gasteiger partial charge in [0, 0.05) is 0 Å². The van der Waals surface area contributed by atoms with Gasteiger partial charge in [-0.3, -0.25) is 0 Å². The summed E-state index contributed by atoms with van der Waals surface area (Å²) in [5.41, 5.74) is -0.705. The predicted octanol–water partition coefficient (Wildman–Crippen LogP) is 4.22. The summed E-state index contributed by atoms with van der Waals surface area (Å²) in [4.78, 5) is 0. The Morgan fingerprint density at radius 1 is 0.529 bits per heavy atom. The van der Waals surface area contributed by atoms with Gasteiger partial charge in [0.25, 0.3) is 0 Å². The van der Waals surface area contributed by atoms with E-state index in [9.17, 15) is 0 Å². The molecule has 0 aromatic heterocycles. The van der Waals surface area contributed by atoms with Crippen LogP contribution in [0.4, 0.5) is 0 Å². The second-order valence-corrected chi connectivity index (χ2v) is 8.21. The Bertz CT molecular complexity index is 175. The number of hydrogen-bond donors (Lipinski definition) is 0. The van der Waals surface area contributed by atoms with Gasteiger partial charge in [-0.25, -0.2) is 0 Å². The fourth-order valence-electron chi connectivity index (χ4n) is 0.663. The molecule has 5 heteroatoms. The van der Waals surface area contributed by atoms with E-state index >= 15 is 0 Å². The first-order valence-corrected chi connectivity index (χ1v) is 7.17. The van der Waals surface area contributed by atoms with Crippen molar-refractivity contribution < 1.29 is 26.5 Å². The number of rotatable bonds is 3. The fourth-order valence-corrected chi connectivity index (χ4v) is 2.74. The molecule has 0 aromatic carbocycles. The zero-order chi connectivity index (χ0) is 13.2. The van der Waals surface area contributed by atoms with E-state index in [1.807, 2.05) is 62.3 Å². The molecule has 0 aliphatic heterocycles. The van der Waals surface area contributed by atoms with Gasteiger partial charge in [-0.1, -0.05) is 0 Å². The third kappa shape index (κ3) is 14.6. The van der Waals surface area contributed by atoms with E-state index in [0.29, 0.717) is 0 Å². The molecule has 0 amide bonds. The van der Waals surface area contributed by atoms with Gasteiger partial charge < -0.3 is 0 Å². The normalized spacial score (nSPS) is 13.8. The first-order chi connectivity index (χ1) is 6.79. The quantitative estimate of drug-likeness (QED) is 0.781. The van der Waals surface area contributed by atoms with Crippen LogP contribution in [-0.4, -0.2) is 16.8 Å². The van der Waals surface area contributed by atoms with Crippen molar-refractivity contribution in [1.82, 2.24) is 0 Å². The maximum Gasteiger partial charge on any atom is -0.147 e. The van der Waals surface area contributed by atoms with Gasteiger partial charge in [0.05, 0.1) is 0 Å². The van der Waals surface area contributed by atoms with Gasteiger partial charge in [0.15, 0.2) is 0 Å². The van der Waals surface area contributed by atoms with Crippen LogP contribution < -0.4 is 0 Å². The topological polar surface area (TPSA) is 27.7 Å². The molecule has 0 fully saturated rings. The van der Waals surface area contributed by atoms with Crippen LogP contribution in [0.5, 0.6) is 0 Å². The molecule has 0 N–H and O–H groups in total. The van der Waals surface area contributed by atoms with Crippen molar-refractivity contribution in [2.24, 2.45) is 0 Å². The molecule has 0 aromatic rings. The van der Waals surface area contributed by atoms with Crippen molar-refractivity contribution in [2.45, 2.75) is 79.1 Å². The molecule has 0 rings (SSSR count). The monoisotopic (exact) mass is 307 g/mol. The summed E-state index contributed by atoms with van der Waals surface area (Å²) in [5, 5.41) is 0. The second-order valence-electron chi connectivity index (χ2n) is 6.79. The van der Waals surface area contributed by atoms with Crippen LogP contribution in [0, 0.1) is 0 Å². The van der Waals surface area contributed by atoms with Crippen molar-refractivity contribution in [2.75, 3.05) is 0 Å². The first kappa shape index (κ1) is 20.0. The Morgan fingerprint density at radius 3 is 0.824 bits per heavy atom. The molecule has 107 valence electrons. The summed E-state index contributed by atoms with van der Waals surface area (Å²) in [6.45, 7) is 18.1. The van der Waals surface area contributed by atoms with Gasteiger partial charge in [0.1, 0.15) is 0 Å². The average molecular weight is 308 g/mol. The molecule has 0 unspecified atom stereocenters. The van der Waals surface area contributed by atoms with Crippen LogP contribution in [0.1, 0.15) is 62.3 Å². The van der Waals surface area contributed by atoms with Gasteiger partial charge in [-0.15, -0.1) is 12.4 Å². The zero-order valence-corrected chi connectivity index (χ0v) is 14.6. The molecule has 3 nitrogen and oxygen atoms in total. The largest absolute Gasteiger partial charge is 0.147 e. The van der Waals surface area contributed by atoms with Crippen LogP contribution in [0.15, 0.2) is 0 Å². The molecular formula is C12H28ClCrO3. The van der Waals surface area contributed by atoms with E-state index in [1.54, 1.807) is 0 Å². The van der Waals surface area contributed by atoms with Crippen molar-refractivity contribution in [3.8, 4) is 0 Å². The Kier molecular flexibility index (Phi) is 7.95. The van der Waals surface area contributed by atoms with Gasteiger partial charge in [-0.05, 0) is 0 Å². The SMILES string of the molecule is CC(C)(C)[O][Cr]([O]C(C)(C)C)[O]C(C)(C)C.Cl. The molecule has 0 saturated heterocycles. The van der Waals surface area contributed by atoms with E-state index in [2.05, 4.69) is 0 Å². The van der Waals surface area contributed by atoms with Gasteiger partial charge in [0.2, 0.25) is 0 Å². The molecular weight excluding hydrogens is 280 g/mol. The summed E-state index contributed by atoms with van der Waals surface area (Å²) in [6, 6.07) is 0. The van der Waals surface area contributed by atoms with Crippen LogP contribution in [0.2, 0.25) is 0 Å². The van der Waals surface area contributed by atoms with Crippen molar-refractivity contribution >= 4 is 12.4 Å². The molecule has 0 aliphatic carbocycles. The number of hydrogen-bond acceptors (Lipinski definition) is 3. The Balaban J connectivity index is 0. The van der Waals surface area contributed by atoms with Crippen LogP contribution in [0.3, 0.4) is 0 Å². The van der Waals surface area contributed by atoms with Crippen molar-refractivity contribution in [3.05, 3.63) is 0 Å². The van der Waals surface area contributed by atoms with E-state index in [1.165, 1.54) is 0 Å². The van der Waals surface area contributed by atoms with E-state index < -0.39 is 15.1 Å². The van der Waals surface area contributed by atoms with Crippen LogP contribution >= 0.6 is 12.4 Å². The molecule has 0 bridgehead atoms. The second kappa shape index (κ2) is 6.75. The smallest absolute Gasteiger partial charge is 0.147 e. The minimum atomic E-state index is -1.96. The van der Waals surface area contributed by atoms with Gasteiger partial charge >= 0.3 is 106 Å². The summed E-state index contributed by atoms with van der Waals surface area (Å²) < 4.78 is 17.6. The maximum absolute atomic E-state index is 5.87. The minimum Gasteiger partial charge on any atom is -0.147 e. The third-order valence-corrected chi connectivity index (χ3v) is 3.93. The third-order valence-electron chi connectivity index (χ3n) is 0.954. The summed E-state index contributed by atoms with van der Waals surface area (Å²) in [7, 11) is 0. The standard InChI is InChI=1S/3C4H9O.ClH.Cr/c3*1-4(2,3)5;;/h3*1-3H3;1H;/q3*-1;;+3. The molecule has 0 atom stereocenters. The first-order valence-electron chi connectivity index (χ1n) is 5.61. The molecule has 0 radical (unpaired) electrons. The summed E-state index contributed by atoms with van der Waals surface area (Å²) in [6.07, 6.45) is 0. The van der Waals surface area contributed by atoms with Crippen molar-refractivity contribution in [3.63, 3.8) is 0 Å². The zero-order valence-electron chi connectivity index (χ0n) is 12.5. The summed E-state index contributed by atoms with van der Waals surface area (Å²) >= 11 is -1.96. The Hall–Kier alpha value is 0.702. The van der Waals surface area contributed by atoms with E-state index in [0.717, 1.165) is 0 Å². The van der Waals surface area contributed by atoms with Gasteiger partial charge in [-0.2, -0.15) is 0 Å². The van der Waals surface area contributed by atoms with Crippen LogP contribution in [0.25, 0.3) is 0 Å². The number of halogens is 1. The van der Waals surface area contributed by atoms with E-state index in [4.69, 9.17) is 11.4 Å². The Labute approximate surface area is 118 Å². The minimum absolute atomic E-state index is 0. The molecule has 0 spiro atoms. The predicted molar refractivity (Wildman–Crippen MR) is 69.8 cm³/mol. The van der Waals surface area contributed by atoms with Crippen LogP contribution in [-0.2, 0) is 26.5 Å². The average Bonchev–Trinajstić information content (AvgIpc) is 1.70. The molecule has 0 aliphatic rings. The van der Waals surface area contributed by atoms with Crippen molar-refractivity contribution in [1.29, 1.82) is 0 Å². The fraction of sp³-hybridized carbons (Fsp3) is 1.00. The maximum atomic E-state index is 5.87. The molecule has 0 saturated carbocycles. The Morgan fingerprint density at radius 2 is 0.706 bits per heavy atom. The van der Waals surface area contributed by atoms with E-state index in [-0.39, 0.29) is 29.2 Å². The summed E-state index contributed by atoms with van der Waals surface area (Å²) in [5.74, 6) is 0. The molecule has 17 heavy (non-hydrogen) atoms. The molecule has 0 heterocycles.